The van der Waals surface area contributed by atoms with Crippen molar-refractivity contribution < 1.29 is 18.7 Å². The minimum atomic E-state index is -0.308. The van der Waals surface area contributed by atoms with E-state index in [1.54, 1.807) is 13.2 Å². The van der Waals surface area contributed by atoms with Crippen molar-refractivity contribution in [3.63, 3.8) is 0 Å². The fourth-order valence-corrected chi connectivity index (χ4v) is 3.32. The van der Waals surface area contributed by atoms with Crippen LogP contribution in [-0.4, -0.2) is 13.0 Å². The monoisotopic (exact) mass is 401 g/mol. The quantitative estimate of drug-likeness (QED) is 0.443. The second-order valence-corrected chi connectivity index (χ2v) is 6.98. The van der Waals surface area contributed by atoms with Crippen LogP contribution in [0.4, 0.5) is 0 Å². The lowest BCUT2D eigenvalue weighted by molar-refractivity contribution is 0.0933. The number of rotatable bonds is 7. The van der Waals surface area contributed by atoms with Crippen LogP contribution < -0.4 is 14.8 Å². The molecule has 152 valence electrons. The molecule has 0 radical (unpaired) electrons. The second-order valence-electron chi connectivity index (χ2n) is 6.98. The molecule has 5 heteroatoms. The number of ether oxygens (including phenoxy) is 2. The van der Waals surface area contributed by atoms with Crippen LogP contribution in [0.25, 0.3) is 11.0 Å². The molecule has 5 nitrogen and oxygen atoms in total. The molecule has 0 bridgehead atoms. The van der Waals surface area contributed by atoms with E-state index in [2.05, 4.69) is 5.32 Å². The van der Waals surface area contributed by atoms with Crippen molar-refractivity contribution in [2.24, 2.45) is 0 Å². The molecule has 4 rings (SSSR count). The number of amides is 1. The van der Waals surface area contributed by atoms with Crippen molar-refractivity contribution >= 4 is 16.9 Å². The largest absolute Gasteiger partial charge is 0.493 e. The molecule has 0 saturated carbocycles. The van der Waals surface area contributed by atoms with Gasteiger partial charge in [0.05, 0.1) is 13.2 Å². The Morgan fingerprint density at radius 3 is 2.57 bits per heavy atom. The highest BCUT2D eigenvalue weighted by Crippen LogP contribution is 2.31. The van der Waals surface area contributed by atoms with Crippen LogP contribution in [-0.2, 0) is 6.61 Å². The van der Waals surface area contributed by atoms with Crippen LogP contribution in [0.15, 0.2) is 83.3 Å². The Morgan fingerprint density at radius 1 is 1.00 bits per heavy atom. The van der Waals surface area contributed by atoms with Gasteiger partial charge in [0.25, 0.3) is 5.91 Å². The molecule has 3 aromatic carbocycles. The van der Waals surface area contributed by atoms with Gasteiger partial charge in [0.15, 0.2) is 11.3 Å². The predicted molar refractivity (Wildman–Crippen MR) is 116 cm³/mol. The van der Waals surface area contributed by atoms with E-state index >= 15 is 0 Å². The maximum atomic E-state index is 13.0. The Labute approximate surface area is 175 Å². The lowest BCUT2D eigenvalue weighted by atomic mass is 10.1. The summed E-state index contributed by atoms with van der Waals surface area (Å²) in [6.45, 7) is 2.20. The van der Waals surface area contributed by atoms with Crippen LogP contribution in [0.2, 0.25) is 0 Å². The van der Waals surface area contributed by atoms with Crippen LogP contribution in [0.3, 0.4) is 0 Å². The summed E-state index contributed by atoms with van der Waals surface area (Å²) in [7, 11) is 1.61. The molecule has 0 fully saturated rings. The number of hydrogen-bond donors (Lipinski definition) is 1. The first-order valence-corrected chi connectivity index (χ1v) is 9.79. The fraction of sp³-hybridized carbons (Fsp3) is 0.160. The minimum Gasteiger partial charge on any atom is -0.493 e. The minimum absolute atomic E-state index is 0.179. The number of carbonyl (C=O) groups excluding carboxylic acids is 1. The van der Waals surface area contributed by atoms with Crippen molar-refractivity contribution in [2.45, 2.75) is 19.6 Å². The highest BCUT2D eigenvalue weighted by Gasteiger charge is 2.18. The fourth-order valence-electron chi connectivity index (χ4n) is 3.32. The number of para-hydroxylation sites is 2. The van der Waals surface area contributed by atoms with Gasteiger partial charge in [0.1, 0.15) is 18.1 Å². The van der Waals surface area contributed by atoms with E-state index in [0.29, 0.717) is 29.3 Å². The van der Waals surface area contributed by atoms with Gasteiger partial charge in [0.2, 0.25) is 0 Å². The van der Waals surface area contributed by atoms with Gasteiger partial charge in [-0.25, -0.2) is 0 Å². The van der Waals surface area contributed by atoms with Crippen LogP contribution in [0, 0.1) is 0 Å². The normalized spacial score (nSPS) is 11.8. The molecule has 0 aliphatic rings. The Balaban J connectivity index is 1.50. The maximum absolute atomic E-state index is 13.0. The summed E-state index contributed by atoms with van der Waals surface area (Å²) in [4.78, 5) is 13.0. The standard InChI is InChI=1S/C25H23NO4/c1-17(23-15-18-10-8-14-22(28-2)24(18)30-23)26-25(27)21-13-7-6-9-19(21)16-29-20-11-4-3-5-12-20/h3-15,17H,16H2,1-2H3,(H,26,27). The Bertz CT molecular complexity index is 1150. The zero-order valence-corrected chi connectivity index (χ0v) is 16.9. The average molecular weight is 401 g/mol. The van der Waals surface area contributed by atoms with E-state index in [4.69, 9.17) is 13.9 Å². The third-order valence-corrected chi connectivity index (χ3v) is 4.92. The summed E-state index contributed by atoms with van der Waals surface area (Å²) in [6.07, 6.45) is 0. The summed E-state index contributed by atoms with van der Waals surface area (Å²) >= 11 is 0. The topological polar surface area (TPSA) is 60.7 Å². The first-order valence-electron chi connectivity index (χ1n) is 9.79. The second kappa shape index (κ2) is 8.74. The van der Waals surface area contributed by atoms with Crippen molar-refractivity contribution in [3.05, 3.63) is 95.7 Å². The summed E-state index contributed by atoms with van der Waals surface area (Å²) in [5.74, 6) is 1.92. The summed E-state index contributed by atoms with van der Waals surface area (Å²) in [5, 5.41) is 3.95. The maximum Gasteiger partial charge on any atom is 0.252 e. The van der Waals surface area contributed by atoms with Crippen molar-refractivity contribution in [3.8, 4) is 11.5 Å². The molecule has 1 unspecified atom stereocenters. The molecule has 0 aliphatic heterocycles. The van der Waals surface area contributed by atoms with Crippen LogP contribution >= 0.6 is 0 Å². The summed E-state index contributed by atoms with van der Waals surface area (Å²) in [5.41, 5.74) is 2.07. The van der Waals surface area contributed by atoms with Crippen molar-refractivity contribution in [1.82, 2.24) is 5.32 Å². The SMILES string of the molecule is COc1cccc2cc(C(C)NC(=O)c3ccccc3COc3ccccc3)oc12. The van der Waals surface area contributed by atoms with E-state index in [-0.39, 0.29) is 11.9 Å². The molecule has 4 aromatic rings. The van der Waals surface area contributed by atoms with E-state index in [1.165, 1.54) is 0 Å². The van der Waals surface area contributed by atoms with E-state index in [9.17, 15) is 4.79 Å². The zero-order valence-electron chi connectivity index (χ0n) is 16.9. The highest BCUT2D eigenvalue weighted by atomic mass is 16.5. The van der Waals surface area contributed by atoms with Gasteiger partial charge in [-0.2, -0.15) is 0 Å². The average Bonchev–Trinajstić information content (AvgIpc) is 3.23. The number of methoxy groups -OCH3 is 1. The smallest absolute Gasteiger partial charge is 0.252 e. The Morgan fingerprint density at radius 2 is 1.77 bits per heavy atom. The predicted octanol–water partition coefficient (Wildman–Crippen LogP) is 5.51. The number of nitrogens with one attached hydrogen (secondary N) is 1. The molecule has 1 heterocycles. The number of carbonyl (C=O) groups is 1. The van der Waals surface area contributed by atoms with E-state index in [1.807, 2.05) is 79.7 Å². The number of furan rings is 1. The van der Waals surface area contributed by atoms with Crippen molar-refractivity contribution in [1.29, 1.82) is 0 Å². The van der Waals surface area contributed by atoms with Crippen LogP contribution in [0.1, 0.15) is 34.6 Å². The lowest BCUT2D eigenvalue weighted by Crippen LogP contribution is -2.27. The third-order valence-electron chi connectivity index (χ3n) is 4.92. The highest BCUT2D eigenvalue weighted by molar-refractivity contribution is 5.96. The number of benzene rings is 3. The Kier molecular flexibility index (Phi) is 5.70. The van der Waals surface area contributed by atoms with Gasteiger partial charge in [-0.3, -0.25) is 4.79 Å². The molecular weight excluding hydrogens is 378 g/mol. The first-order chi connectivity index (χ1) is 14.7. The molecule has 0 aliphatic carbocycles. The summed E-state index contributed by atoms with van der Waals surface area (Å²) < 4.78 is 17.1. The molecule has 0 spiro atoms. The van der Waals surface area contributed by atoms with Gasteiger partial charge in [-0.05, 0) is 37.3 Å². The van der Waals surface area contributed by atoms with Crippen LogP contribution in [0.5, 0.6) is 11.5 Å². The van der Waals surface area contributed by atoms with Gasteiger partial charge >= 0.3 is 0 Å². The first kappa shape index (κ1) is 19.6. The molecule has 30 heavy (non-hydrogen) atoms. The number of fused-ring (bicyclic) bond motifs is 1. The van der Waals surface area contributed by atoms with Gasteiger partial charge in [0, 0.05) is 16.5 Å². The zero-order chi connectivity index (χ0) is 20.9. The van der Waals surface area contributed by atoms with Gasteiger partial charge in [-0.1, -0.05) is 48.5 Å². The Hall–Kier alpha value is -3.73. The van der Waals surface area contributed by atoms with E-state index in [0.717, 1.165) is 16.7 Å². The summed E-state index contributed by atoms with van der Waals surface area (Å²) in [6, 6.07) is 24.3. The molecular formula is C25H23NO4. The molecule has 1 atom stereocenters. The molecule has 1 amide bonds. The van der Waals surface area contributed by atoms with E-state index < -0.39 is 0 Å². The molecule has 1 aromatic heterocycles. The molecule has 0 saturated heterocycles. The van der Waals surface area contributed by atoms with Gasteiger partial charge in [-0.15, -0.1) is 0 Å². The number of hydrogen-bond acceptors (Lipinski definition) is 4. The molecule has 1 N–H and O–H groups in total. The van der Waals surface area contributed by atoms with Gasteiger partial charge < -0.3 is 19.2 Å². The lowest BCUT2D eigenvalue weighted by Gasteiger charge is -2.14. The van der Waals surface area contributed by atoms with Crippen molar-refractivity contribution in [2.75, 3.05) is 7.11 Å². The third kappa shape index (κ3) is 4.15.